The Labute approximate surface area is 179 Å². The molecule has 1 aromatic carbocycles. The number of rotatable bonds is 5. The molecule has 0 radical (unpaired) electrons. The van der Waals surface area contributed by atoms with E-state index in [2.05, 4.69) is 0 Å². The van der Waals surface area contributed by atoms with Crippen molar-refractivity contribution in [3.8, 4) is 11.5 Å². The predicted molar refractivity (Wildman–Crippen MR) is 118 cm³/mol. The van der Waals surface area contributed by atoms with Gasteiger partial charge in [0.05, 0.1) is 5.56 Å². The van der Waals surface area contributed by atoms with E-state index in [1.54, 1.807) is 42.7 Å². The van der Waals surface area contributed by atoms with Gasteiger partial charge in [0.2, 0.25) is 0 Å². The monoisotopic (exact) mass is 428 g/mol. The van der Waals surface area contributed by atoms with Crippen LogP contribution in [0.4, 0.5) is 0 Å². The van der Waals surface area contributed by atoms with Crippen LogP contribution >= 0.6 is 11.6 Å². The van der Waals surface area contributed by atoms with Crippen LogP contribution in [-0.4, -0.2) is 19.3 Å². The highest BCUT2D eigenvalue weighted by atomic mass is 35.5. The second-order valence-electron chi connectivity index (χ2n) is 7.20. The molecule has 3 rings (SSSR count). The first kappa shape index (κ1) is 21.7. The normalized spacial score (nSPS) is 12.2. The summed E-state index contributed by atoms with van der Waals surface area (Å²) in [5.74, 6) is -1.28. The van der Waals surface area contributed by atoms with Gasteiger partial charge in [-0.05, 0) is 45.4 Å². The SMILES string of the molecule is CCn1c(C)c(C(c2ccccc2Cl)c2c(O)cc(C)n(CC)c2=O)c(O)cc1=O. The fraction of sp³-hybridized carbons (Fsp3) is 0.304. The maximum Gasteiger partial charge on any atom is 0.258 e. The van der Waals surface area contributed by atoms with E-state index in [4.69, 9.17) is 11.6 Å². The summed E-state index contributed by atoms with van der Waals surface area (Å²) in [4.78, 5) is 25.7. The van der Waals surface area contributed by atoms with Crippen molar-refractivity contribution in [2.45, 2.75) is 46.7 Å². The minimum absolute atomic E-state index is 0.107. The van der Waals surface area contributed by atoms with Gasteiger partial charge in [-0.15, -0.1) is 0 Å². The number of aryl methyl sites for hydroxylation is 1. The molecule has 158 valence electrons. The Kier molecular flexibility index (Phi) is 6.08. The molecule has 0 saturated heterocycles. The third-order valence-electron chi connectivity index (χ3n) is 5.55. The molecule has 0 spiro atoms. The lowest BCUT2D eigenvalue weighted by Crippen LogP contribution is -2.29. The van der Waals surface area contributed by atoms with E-state index >= 15 is 0 Å². The second-order valence-corrected chi connectivity index (χ2v) is 7.61. The van der Waals surface area contributed by atoms with Crippen LogP contribution in [0.5, 0.6) is 11.5 Å². The Morgan fingerprint density at radius 2 is 1.53 bits per heavy atom. The number of halogens is 1. The van der Waals surface area contributed by atoms with Crippen LogP contribution in [0.25, 0.3) is 0 Å². The standard InChI is InChI=1S/C23H25ClN2O4/c1-5-25-13(3)11-17(27)22(23(25)30)21(15-9-7-8-10-16(15)24)20-14(4)26(6-2)19(29)12-18(20)28/h7-12,21,27-28H,5-6H2,1-4H3. The highest BCUT2D eigenvalue weighted by Crippen LogP contribution is 2.42. The van der Waals surface area contributed by atoms with Gasteiger partial charge in [-0.3, -0.25) is 9.59 Å². The molecule has 0 fully saturated rings. The average Bonchev–Trinajstić information content (AvgIpc) is 2.67. The van der Waals surface area contributed by atoms with Gasteiger partial charge < -0.3 is 19.3 Å². The minimum atomic E-state index is -0.858. The summed E-state index contributed by atoms with van der Waals surface area (Å²) in [6.07, 6.45) is 0. The van der Waals surface area contributed by atoms with Gasteiger partial charge in [0.1, 0.15) is 11.5 Å². The molecule has 30 heavy (non-hydrogen) atoms. The Morgan fingerprint density at radius 1 is 0.933 bits per heavy atom. The predicted octanol–water partition coefficient (Wildman–Crippen LogP) is 3.91. The van der Waals surface area contributed by atoms with Gasteiger partial charge >= 0.3 is 0 Å². The largest absolute Gasteiger partial charge is 0.507 e. The summed E-state index contributed by atoms with van der Waals surface area (Å²) < 4.78 is 3.07. The van der Waals surface area contributed by atoms with Crippen LogP contribution < -0.4 is 11.1 Å². The third-order valence-corrected chi connectivity index (χ3v) is 5.89. The van der Waals surface area contributed by atoms with Gasteiger partial charge in [0.25, 0.3) is 11.1 Å². The van der Waals surface area contributed by atoms with Crippen molar-refractivity contribution in [3.05, 3.63) is 90.2 Å². The van der Waals surface area contributed by atoms with Crippen molar-refractivity contribution >= 4 is 11.6 Å². The Hall–Kier alpha value is -2.99. The highest BCUT2D eigenvalue weighted by Gasteiger charge is 2.31. The molecule has 0 aliphatic heterocycles. The van der Waals surface area contributed by atoms with E-state index in [1.807, 2.05) is 13.8 Å². The molecule has 2 aromatic heterocycles. The molecule has 6 nitrogen and oxygen atoms in total. The zero-order chi connectivity index (χ0) is 22.2. The number of nitrogens with zero attached hydrogens (tertiary/aromatic N) is 2. The van der Waals surface area contributed by atoms with Gasteiger partial charge in [-0.25, -0.2) is 0 Å². The number of aromatic nitrogens is 2. The molecule has 0 aliphatic rings. The average molecular weight is 429 g/mol. The summed E-state index contributed by atoms with van der Waals surface area (Å²) in [6, 6.07) is 9.66. The van der Waals surface area contributed by atoms with Crippen LogP contribution in [-0.2, 0) is 13.1 Å². The van der Waals surface area contributed by atoms with Crippen LogP contribution in [0.15, 0.2) is 46.0 Å². The maximum atomic E-state index is 13.4. The van der Waals surface area contributed by atoms with Crippen molar-refractivity contribution < 1.29 is 10.2 Å². The third kappa shape index (κ3) is 3.52. The number of benzene rings is 1. The van der Waals surface area contributed by atoms with E-state index in [9.17, 15) is 19.8 Å². The molecule has 1 unspecified atom stereocenters. The first-order valence-corrected chi connectivity index (χ1v) is 10.2. The van der Waals surface area contributed by atoms with Crippen molar-refractivity contribution in [2.75, 3.05) is 0 Å². The van der Waals surface area contributed by atoms with Crippen molar-refractivity contribution in [2.24, 2.45) is 0 Å². The molecule has 1 atom stereocenters. The Bertz CT molecular complexity index is 1230. The molecule has 0 amide bonds. The number of pyridine rings is 2. The molecule has 0 bridgehead atoms. The molecule has 0 aliphatic carbocycles. The summed E-state index contributed by atoms with van der Waals surface area (Å²) in [6.45, 7) is 7.96. The van der Waals surface area contributed by atoms with Crippen molar-refractivity contribution in [3.63, 3.8) is 0 Å². The zero-order valence-electron chi connectivity index (χ0n) is 17.4. The van der Waals surface area contributed by atoms with E-state index in [-0.39, 0.29) is 28.2 Å². The molecule has 7 heteroatoms. The lowest BCUT2D eigenvalue weighted by molar-refractivity contribution is 0.449. The fourth-order valence-corrected chi connectivity index (χ4v) is 4.36. The first-order chi connectivity index (χ1) is 14.2. The summed E-state index contributed by atoms with van der Waals surface area (Å²) in [5.41, 5.74) is 1.45. The molecular weight excluding hydrogens is 404 g/mol. The number of hydrogen-bond acceptors (Lipinski definition) is 4. The molecule has 0 saturated carbocycles. The quantitative estimate of drug-likeness (QED) is 0.645. The summed E-state index contributed by atoms with van der Waals surface area (Å²) in [7, 11) is 0. The van der Waals surface area contributed by atoms with Crippen LogP contribution in [0.3, 0.4) is 0 Å². The van der Waals surface area contributed by atoms with E-state index < -0.39 is 5.92 Å². The van der Waals surface area contributed by atoms with Crippen molar-refractivity contribution in [1.29, 1.82) is 0 Å². The van der Waals surface area contributed by atoms with Gasteiger partial charge in [-0.2, -0.15) is 0 Å². The Morgan fingerprint density at radius 3 is 2.13 bits per heavy atom. The fourth-order valence-electron chi connectivity index (χ4n) is 4.12. The van der Waals surface area contributed by atoms with E-state index in [0.717, 1.165) is 6.07 Å². The van der Waals surface area contributed by atoms with Crippen molar-refractivity contribution in [1.82, 2.24) is 9.13 Å². The molecular formula is C23H25ClN2O4. The van der Waals surface area contributed by atoms with Crippen LogP contribution in [0.2, 0.25) is 5.02 Å². The zero-order valence-corrected chi connectivity index (χ0v) is 18.2. The first-order valence-electron chi connectivity index (χ1n) is 9.83. The highest BCUT2D eigenvalue weighted by molar-refractivity contribution is 6.31. The maximum absolute atomic E-state index is 13.4. The minimum Gasteiger partial charge on any atom is -0.507 e. The molecule has 3 aromatic rings. The lowest BCUT2D eigenvalue weighted by Gasteiger charge is -2.25. The summed E-state index contributed by atoms with van der Waals surface area (Å²) >= 11 is 6.50. The lowest BCUT2D eigenvalue weighted by atomic mass is 9.83. The van der Waals surface area contributed by atoms with Gasteiger partial charge in [-0.1, -0.05) is 29.8 Å². The van der Waals surface area contributed by atoms with Crippen LogP contribution in [0, 0.1) is 13.8 Å². The summed E-state index contributed by atoms with van der Waals surface area (Å²) in [5, 5.41) is 22.0. The van der Waals surface area contributed by atoms with Crippen LogP contribution in [0.1, 0.15) is 47.8 Å². The topological polar surface area (TPSA) is 84.5 Å². The number of aromatic hydroxyl groups is 2. The van der Waals surface area contributed by atoms with Gasteiger partial charge in [0.15, 0.2) is 0 Å². The molecule has 2 N–H and O–H groups in total. The number of hydrogen-bond donors (Lipinski definition) is 2. The van der Waals surface area contributed by atoms with Gasteiger partial charge in [0, 0.05) is 47.0 Å². The van der Waals surface area contributed by atoms with E-state index in [1.165, 1.54) is 10.6 Å². The Balaban J connectivity index is 2.51. The van der Waals surface area contributed by atoms with E-state index in [0.29, 0.717) is 40.6 Å². The second kappa shape index (κ2) is 8.40. The smallest absolute Gasteiger partial charge is 0.258 e. The molecule has 2 heterocycles.